The van der Waals surface area contributed by atoms with Crippen LogP contribution in [0, 0.1) is 17.2 Å². The number of nitrogens with zero attached hydrogens (tertiary/aromatic N) is 2. The van der Waals surface area contributed by atoms with E-state index < -0.39 is 0 Å². The van der Waals surface area contributed by atoms with Crippen LogP contribution in [0.25, 0.3) is 0 Å². The fraction of sp³-hybridized carbons (Fsp3) is 0.545. The lowest BCUT2D eigenvalue weighted by Gasteiger charge is -2.34. The normalized spacial score (nSPS) is 22.2. The van der Waals surface area contributed by atoms with E-state index in [0.29, 0.717) is 11.5 Å². The van der Waals surface area contributed by atoms with Crippen LogP contribution in [-0.4, -0.2) is 18.0 Å². The average molecular weight is 176 g/mol. The Morgan fingerprint density at radius 1 is 1.54 bits per heavy atom. The van der Waals surface area contributed by atoms with E-state index >= 15 is 0 Å². The zero-order valence-corrected chi connectivity index (χ0v) is 8.21. The minimum absolute atomic E-state index is 0.343. The van der Waals surface area contributed by atoms with Crippen LogP contribution in [0.2, 0.25) is 0 Å². The highest BCUT2D eigenvalue weighted by atomic mass is 15.1. The van der Waals surface area contributed by atoms with Crippen LogP contribution in [0.3, 0.4) is 0 Å². The first kappa shape index (κ1) is 9.85. The Morgan fingerprint density at radius 2 is 2.23 bits per heavy atom. The Bertz CT molecular complexity index is 260. The summed E-state index contributed by atoms with van der Waals surface area (Å²) < 4.78 is 0. The van der Waals surface area contributed by atoms with Crippen molar-refractivity contribution in [2.75, 3.05) is 13.1 Å². The predicted octanol–water partition coefficient (Wildman–Crippen LogP) is 2.31. The van der Waals surface area contributed by atoms with Crippen molar-refractivity contribution >= 4 is 0 Å². The van der Waals surface area contributed by atoms with Crippen LogP contribution < -0.4 is 0 Å². The second-order valence-electron chi connectivity index (χ2n) is 3.66. The third-order valence-electron chi connectivity index (χ3n) is 2.60. The molecule has 0 N–H and O–H groups in total. The molecular formula is C11H16N2. The number of piperidine rings is 1. The van der Waals surface area contributed by atoms with E-state index in [-0.39, 0.29) is 0 Å². The highest BCUT2D eigenvalue weighted by molar-refractivity contribution is 5.21. The molecule has 1 aliphatic rings. The third kappa shape index (κ3) is 2.35. The van der Waals surface area contributed by atoms with E-state index in [9.17, 15) is 0 Å². The molecule has 0 amide bonds. The fourth-order valence-corrected chi connectivity index (χ4v) is 1.70. The molecule has 0 aromatic rings. The lowest BCUT2D eigenvalue weighted by atomic mass is 9.92. The van der Waals surface area contributed by atoms with Crippen LogP contribution in [-0.2, 0) is 0 Å². The Balaban J connectivity index is 2.57. The van der Waals surface area contributed by atoms with Gasteiger partial charge in [0.15, 0.2) is 0 Å². The van der Waals surface area contributed by atoms with Crippen molar-refractivity contribution in [3.8, 4) is 6.07 Å². The maximum absolute atomic E-state index is 8.72. The van der Waals surface area contributed by atoms with E-state index in [1.54, 1.807) is 0 Å². The molecule has 1 heterocycles. The molecule has 1 atom stereocenters. The number of likely N-dealkylation sites (tertiary alicyclic amines) is 1. The first-order valence-corrected chi connectivity index (χ1v) is 4.64. The van der Waals surface area contributed by atoms with Gasteiger partial charge in [-0.05, 0) is 19.8 Å². The Kier molecular flexibility index (Phi) is 3.13. The summed E-state index contributed by atoms with van der Waals surface area (Å²) in [4.78, 5) is 2.23. The maximum atomic E-state index is 8.72. The van der Waals surface area contributed by atoms with Crippen LogP contribution >= 0.6 is 0 Å². The van der Waals surface area contributed by atoms with Gasteiger partial charge >= 0.3 is 0 Å². The Morgan fingerprint density at radius 3 is 2.77 bits per heavy atom. The molecule has 0 radical (unpaired) electrons. The molecule has 1 aliphatic heterocycles. The molecule has 0 aromatic carbocycles. The van der Waals surface area contributed by atoms with Crippen molar-refractivity contribution in [3.63, 3.8) is 0 Å². The first-order chi connectivity index (χ1) is 6.15. The van der Waals surface area contributed by atoms with Crippen molar-refractivity contribution in [1.29, 1.82) is 5.26 Å². The molecule has 2 nitrogen and oxygen atoms in total. The number of nitriles is 1. The molecule has 0 saturated carbocycles. The minimum Gasteiger partial charge on any atom is -0.375 e. The average Bonchev–Trinajstić information content (AvgIpc) is 2.17. The Hall–Kier alpha value is -1.23. The number of rotatable bonds is 2. The SMILES string of the molecule is C=C(C#N)C1CCCN(C(=C)C)C1. The quantitative estimate of drug-likeness (QED) is 0.604. The molecule has 13 heavy (non-hydrogen) atoms. The summed E-state index contributed by atoms with van der Waals surface area (Å²) in [7, 11) is 0. The summed E-state index contributed by atoms with van der Waals surface area (Å²) in [5.74, 6) is 0.343. The summed E-state index contributed by atoms with van der Waals surface area (Å²) in [6.45, 7) is 11.7. The van der Waals surface area contributed by atoms with Crippen LogP contribution in [0.15, 0.2) is 24.4 Å². The molecule has 1 saturated heterocycles. The van der Waals surface area contributed by atoms with Crippen LogP contribution in [0.5, 0.6) is 0 Å². The molecule has 2 heteroatoms. The van der Waals surface area contributed by atoms with Crippen molar-refractivity contribution in [2.45, 2.75) is 19.8 Å². The third-order valence-corrected chi connectivity index (χ3v) is 2.60. The van der Waals surface area contributed by atoms with Gasteiger partial charge in [0.2, 0.25) is 0 Å². The summed E-state index contributed by atoms with van der Waals surface area (Å²) in [6.07, 6.45) is 2.23. The number of hydrogen-bond acceptors (Lipinski definition) is 2. The van der Waals surface area contributed by atoms with Crippen LogP contribution in [0.4, 0.5) is 0 Å². The van der Waals surface area contributed by atoms with E-state index in [1.807, 2.05) is 6.92 Å². The second kappa shape index (κ2) is 4.13. The topological polar surface area (TPSA) is 27.0 Å². The van der Waals surface area contributed by atoms with Gasteiger partial charge in [-0.1, -0.05) is 13.2 Å². The maximum Gasteiger partial charge on any atom is 0.0944 e. The van der Waals surface area contributed by atoms with Gasteiger partial charge < -0.3 is 4.90 Å². The summed E-state index contributed by atoms with van der Waals surface area (Å²) in [6, 6.07) is 2.14. The van der Waals surface area contributed by atoms with Crippen molar-refractivity contribution < 1.29 is 0 Å². The largest absolute Gasteiger partial charge is 0.375 e. The fourth-order valence-electron chi connectivity index (χ4n) is 1.70. The van der Waals surface area contributed by atoms with Gasteiger partial charge in [-0.15, -0.1) is 0 Å². The van der Waals surface area contributed by atoms with E-state index in [1.165, 1.54) is 0 Å². The predicted molar refractivity (Wildman–Crippen MR) is 53.9 cm³/mol. The van der Waals surface area contributed by atoms with Gasteiger partial charge in [0.1, 0.15) is 0 Å². The standard InChI is InChI=1S/C11H16N2/c1-9(2)13-6-4-5-11(8-13)10(3)7-12/h11H,1,3-6,8H2,2H3. The van der Waals surface area contributed by atoms with Gasteiger partial charge in [-0.25, -0.2) is 0 Å². The summed E-state index contributed by atoms with van der Waals surface area (Å²) in [5.41, 5.74) is 1.81. The minimum atomic E-state index is 0.343. The zero-order chi connectivity index (χ0) is 9.84. The van der Waals surface area contributed by atoms with E-state index in [0.717, 1.165) is 31.6 Å². The monoisotopic (exact) mass is 176 g/mol. The molecule has 1 unspecified atom stereocenters. The van der Waals surface area contributed by atoms with Gasteiger partial charge in [-0.3, -0.25) is 0 Å². The highest BCUT2D eigenvalue weighted by Crippen LogP contribution is 2.23. The summed E-state index contributed by atoms with van der Waals surface area (Å²) in [5, 5.41) is 8.72. The van der Waals surface area contributed by atoms with E-state index in [2.05, 4.69) is 24.1 Å². The van der Waals surface area contributed by atoms with Crippen molar-refractivity contribution in [1.82, 2.24) is 4.90 Å². The lowest BCUT2D eigenvalue weighted by molar-refractivity contribution is 0.242. The molecule has 0 aliphatic carbocycles. The molecule has 0 aromatic heterocycles. The molecular weight excluding hydrogens is 160 g/mol. The van der Waals surface area contributed by atoms with Crippen molar-refractivity contribution in [2.24, 2.45) is 5.92 Å². The van der Waals surface area contributed by atoms with Gasteiger partial charge in [0.25, 0.3) is 0 Å². The molecule has 1 rings (SSSR count). The van der Waals surface area contributed by atoms with Gasteiger partial charge in [-0.2, -0.15) is 5.26 Å². The highest BCUT2D eigenvalue weighted by Gasteiger charge is 2.21. The number of allylic oxidation sites excluding steroid dienone is 1. The Labute approximate surface area is 80.2 Å². The molecule has 70 valence electrons. The second-order valence-corrected chi connectivity index (χ2v) is 3.66. The zero-order valence-electron chi connectivity index (χ0n) is 8.21. The first-order valence-electron chi connectivity index (χ1n) is 4.64. The van der Waals surface area contributed by atoms with Gasteiger partial charge in [0.05, 0.1) is 6.07 Å². The van der Waals surface area contributed by atoms with Crippen molar-refractivity contribution in [3.05, 3.63) is 24.4 Å². The molecule has 0 bridgehead atoms. The van der Waals surface area contributed by atoms with Gasteiger partial charge in [0, 0.05) is 30.3 Å². The molecule has 1 fully saturated rings. The summed E-state index contributed by atoms with van der Waals surface area (Å²) >= 11 is 0. The molecule has 0 spiro atoms. The number of hydrogen-bond donors (Lipinski definition) is 0. The lowest BCUT2D eigenvalue weighted by Crippen LogP contribution is -2.34. The van der Waals surface area contributed by atoms with Crippen LogP contribution in [0.1, 0.15) is 19.8 Å². The smallest absolute Gasteiger partial charge is 0.0944 e. The van der Waals surface area contributed by atoms with E-state index in [4.69, 9.17) is 5.26 Å².